The van der Waals surface area contributed by atoms with Crippen molar-refractivity contribution in [3.05, 3.63) is 54.6 Å². The first-order chi connectivity index (χ1) is 8.63. The van der Waals surface area contributed by atoms with Gasteiger partial charge in [0.15, 0.2) is 0 Å². The highest BCUT2D eigenvalue weighted by Gasteiger charge is 2.18. The molecular weight excluding hydrogens is 374 g/mol. The molecule has 2 rings (SSSR count). The van der Waals surface area contributed by atoms with E-state index >= 15 is 0 Å². The van der Waals surface area contributed by atoms with Gasteiger partial charge < -0.3 is 5.32 Å². The van der Waals surface area contributed by atoms with Crippen LogP contribution in [0, 0.1) is 6.92 Å². The molecule has 1 unspecified atom stereocenters. The van der Waals surface area contributed by atoms with Crippen LogP contribution in [0.2, 0.25) is 0 Å². The first kappa shape index (κ1) is 14.3. The molecule has 1 aromatic carbocycles. The fourth-order valence-electron chi connectivity index (χ4n) is 1.90. The van der Waals surface area contributed by atoms with Gasteiger partial charge in [0.25, 0.3) is 0 Å². The number of thiophene rings is 1. The third kappa shape index (κ3) is 3.05. The summed E-state index contributed by atoms with van der Waals surface area (Å²) >= 11 is 9.08. The number of benzene rings is 1. The van der Waals surface area contributed by atoms with Gasteiger partial charge in [-0.15, -0.1) is 11.3 Å². The molecule has 0 fully saturated rings. The first-order valence-electron chi connectivity index (χ1n) is 5.87. The van der Waals surface area contributed by atoms with E-state index in [2.05, 4.69) is 75.3 Å². The van der Waals surface area contributed by atoms with Crippen molar-refractivity contribution in [3.63, 3.8) is 0 Å². The molecule has 0 aliphatic carbocycles. The largest absolute Gasteiger partial charge is 0.306 e. The maximum atomic E-state index is 3.64. The average Bonchev–Trinajstić information content (AvgIpc) is 2.68. The minimum Gasteiger partial charge on any atom is -0.306 e. The Bertz CT molecular complexity index is 517. The Morgan fingerprint density at radius 3 is 2.50 bits per heavy atom. The van der Waals surface area contributed by atoms with E-state index in [9.17, 15) is 0 Å². The van der Waals surface area contributed by atoms with Crippen molar-refractivity contribution >= 4 is 43.2 Å². The molecule has 0 radical (unpaired) electrons. The lowest BCUT2D eigenvalue weighted by molar-refractivity contribution is 0.637. The average molecular weight is 389 g/mol. The molecule has 18 heavy (non-hydrogen) atoms. The van der Waals surface area contributed by atoms with Crippen LogP contribution in [0.4, 0.5) is 0 Å². The first-order valence-corrected chi connectivity index (χ1v) is 8.27. The third-order valence-electron chi connectivity index (χ3n) is 2.79. The molecule has 1 atom stereocenters. The van der Waals surface area contributed by atoms with Crippen LogP contribution in [0.15, 0.2) is 39.3 Å². The van der Waals surface area contributed by atoms with Crippen molar-refractivity contribution in [2.45, 2.75) is 19.9 Å². The molecule has 2 aromatic rings. The maximum Gasteiger partial charge on any atom is 0.0682 e. The summed E-state index contributed by atoms with van der Waals surface area (Å²) in [6.07, 6.45) is 0. The van der Waals surface area contributed by atoms with E-state index in [0.29, 0.717) is 0 Å². The topological polar surface area (TPSA) is 12.0 Å². The van der Waals surface area contributed by atoms with Gasteiger partial charge in [-0.25, -0.2) is 0 Å². The van der Waals surface area contributed by atoms with E-state index in [4.69, 9.17) is 0 Å². The Hall–Kier alpha value is -0.160. The third-order valence-corrected chi connectivity index (χ3v) is 5.71. The molecule has 1 N–H and O–H groups in total. The highest BCUT2D eigenvalue weighted by Crippen LogP contribution is 2.36. The van der Waals surface area contributed by atoms with E-state index in [1.54, 1.807) is 0 Å². The Morgan fingerprint density at radius 2 is 1.94 bits per heavy atom. The Kier molecular flexibility index (Phi) is 5.01. The smallest absolute Gasteiger partial charge is 0.0682 e. The molecule has 96 valence electrons. The zero-order valence-corrected chi connectivity index (χ0v) is 14.3. The molecule has 1 aromatic heterocycles. The molecule has 0 aliphatic heterocycles. The zero-order valence-electron chi connectivity index (χ0n) is 10.3. The van der Waals surface area contributed by atoms with Gasteiger partial charge in [-0.05, 0) is 47.1 Å². The lowest BCUT2D eigenvalue weighted by Gasteiger charge is -2.18. The second-order valence-corrected chi connectivity index (χ2v) is 7.06. The van der Waals surface area contributed by atoms with Crippen LogP contribution in [-0.2, 0) is 0 Å². The predicted molar refractivity (Wildman–Crippen MR) is 86.4 cm³/mol. The number of halogens is 2. The minimum atomic E-state index is 0.251. The van der Waals surface area contributed by atoms with Gasteiger partial charge in [0.2, 0.25) is 0 Å². The van der Waals surface area contributed by atoms with E-state index in [0.717, 1.165) is 11.0 Å². The van der Waals surface area contributed by atoms with Crippen molar-refractivity contribution in [3.8, 4) is 0 Å². The lowest BCUT2D eigenvalue weighted by Crippen LogP contribution is -2.21. The highest BCUT2D eigenvalue weighted by atomic mass is 79.9. The predicted octanol–water partition coefficient (Wildman–Crippen LogP) is 5.28. The summed E-state index contributed by atoms with van der Waals surface area (Å²) in [5.74, 6) is 0. The highest BCUT2D eigenvalue weighted by molar-refractivity contribution is 9.10. The van der Waals surface area contributed by atoms with Crippen LogP contribution in [0.5, 0.6) is 0 Å². The van der Waals surface area contributed by atoms with E-state index in [-0.39, 0.29) is 6.04 Å². The summed E-state index contributed by atoms with van der Waals surface area (Å²) < 4.78 is 2.34. The van der Waals surface area contributed by atoms with Crippen molar-refractivity contribution in [2.75, 3.05) is 6.54 Å². The summed E-state index contributed by atoms with van der Waals surface area (Å²) in [5, 5.41) is 3.56. The SMILES string of the molecule is CCNC(c1cc(Br)c(C)s1)c1ccccc1Br. The van der Waals surface area contributed by atoms with Gasteiger partial charge in [0.05, 0.1) is 6.04 Å². The van der Waals surface area contributed by atoms with Crippen molar-refractivity contribution in [1.82, 2.24) is 5.32 Å². The van der Waals surface area contributed by atoms with Crippen LogP contribution < -0.4 is 5.32 Å². The monoisotopic (exact) mass is 387 g/mol. The van der Waals surface area contributed by atoms with Crippen LogP contribution in [0.1, 0.15) is 28.3 Å². The molecule has 0 saturated carbocycles. The minimum absolute atomic E-state index is 0.251. The van der Waals surface area contributed by atoms with Gasteiger partial charge in [-0.1, -0.05) is 41.1 Å². The number of rotatable bonds is 4. The van der Waals surface area contributed by atoms with Crippen LogP contribution >= 0.6 is 43.2 Å². The number of hydrogen-bond acceptors (Lipinski definition) is 2. The number of hydrogen-bond donors (Lipinski definition) is 1. The van der Waals surface area contributed by atoms with Crippen molar-refractivity contribution < 1.29 is 0 Å². The summed E-state index contributed by atoms with van der Waals surface area (Å²) in [7, 11) is 0. The maximum absolute atomic E-state index is 3.64. The second-order valence-electron chi connectivity index (χ2n) is 4.07. The zero-order chi connectivity index (χ0) is 13.1. The summed E-state index contributed by atoms with van der Waals surface area (Å²) in [6, 6.07) is 10.9. The van der Waals surface area contributed by atoms with Crippen LogP contribution in [-0.4, -0.2) is 6.54 Å². The Balaban J connectivity index is 2.43. The molecule has 0 aliphatic rings. The van der Waals surface area contributed by atoms with Crippen molar-refractivity contribution in [1.29, 1.82) is 0 Å². The normalized spacial score (nSPS) is 12.7. The molecule has 1 heterocycles. The van der Waals surface area contributed by atoms with Crippen molar-refractivity contribution in [2.24, 2.45) is 0 Å². The van der Waals surface area contributed by atoms with Gasteiger partial charge in [0.1, 0.15) is 0 Å². The van der Waals surface area contributed by atoms with Gasteiger partial charge in [-0.2, -0.15) is 0 Å². The molecule has 0 spiro atoms. The fourth-order valence-corrected chi connectivity index (χ4v) is 4.07. The molecule has 4 heteroatoms. The van der Waals surface area contributed by atoms with Gasteiger partial charge in [-0.3, -0.25) is 0 Å². The van der Waals surface area contributed by atoms with E-state index in [1.165, 1.54) is 19.8 Å². The van der Waals surface area contributed by atoms with Crippen LogP contribution in [0.25, 0.3) is 0 Å². The summed E-state index contributed by atoms with van der Waals surface area (Å²) in [6.45, 7) is 5.22. The van der Waals surface area contributed by atoms with E-state index < -0.39 is 0 Å². The fraction of sp³-hybridized carbons (Fsp3) is 0.286. The number of aryl methyl sites for hydroxylation is 1. The summed E-state index contributed by atoms with van der Waals surface area (Å²) in [4.78, 5) is 2.66. The van der Waals surface area contributed by atoms with E-state index in [1.807, 2.05) is 17.4 Å². The van der Waals surface area contributed by atoms with Crippen LogP contribution in [0.3, 0.4) is 0 Å². The molecule has 0 bridgehead atoms. The van der Waals surface area contributed by atoms with Gasteiger partial charge in [0, 0.05) is 18.7 Å². The second kappa shape index (κ2) is 6.33. The van der Waals surface area contributed by atoms with Gasteiger partial charge >= 0.3 is 0 Å². The molecular formula is C14H15Br2NS. The Labute approximate surface area is 129 Å². The summed E-state index contributed by atoms with van der Waals surface area (Å²) in [5.41, 5.74) is 1.29. The lowest BCUT2D eigenvalue weighted by atomic mass is 10.1. The quantitative estimate of drug-likeness (QED) is 0.751. The molecule has 1 nitrogen and oxygen atoms in total. The number of nitrogens with one attached hydrogen (secondary N) is 1. The molecule has 0 saturated heterocycles. The molecule has 0 amide bonds. The Morgan fingerprint density at radius 1 is 1.22 bits per heavy atom. The standard InChI is InChI=1S/C14H15Br2NS/c1-3-17-14(10-6-4-5-7-11(10)15)13-8-12(16)9(2)18-13/h4-8,14,17H,3H2,1-2H3.